The number of rotatable bonds is 3. The van der Waals surface area contributed by atoms with Crippen LogP contribution in [0, 0.1) is 56.7 Å². The molecule has 7 heteroatoms. The summed E-state index contributed by atoms with van der Waals surface area (Å²) in [6.07, 6.45) is 6.32. The summed E-state index contributed by atoms with van der Waals surface area (Å²) in [6.45, 7) is 19.0. The maximum Gasteiger partial charge on any atom is 0.314 e. The van der Waals surface area contributed by atoms with E-state index in [-0.39, 0.29) is 63.5 Å². The van der Waals surface area contributed by atoms with Gasteiger partial charge < -0.3 is 29.2 Å². The fourth-order valence-electron chi connectivity index (χ4n) is 13.2. The first-order valence-corrected chi connectivity index (χ1v) is 18.7. The monoisotopic (exact) mass is 664 g/mol. The minimum absolute atomic E-state index is 0.0543. The molecule has 2 N–H and O–H groups in total. The molecule has 4 saturated carbocycles. The number of benzene rings is 1. The van der Waals surface area contributed by atoms with Crippen molar-refractivity contribution in [1.29, 1.82) is 0 Å². The summed E-state index contributed by atoms with van der Waals surface area (Å²) in [5, 5.41) is 22.0. The van der Waals surface area contributed by atoms with Crippen molar-refractivity contribution in [2.24, 2.45) is 56.7 Å². The standard InChI is InChI=1S/C41H60O7/c1-22-13-16-37(4)19-20-39(6)31(30(37)23(22)2)33-34(48-32(24(3)47-33)25-11-12-26(42)27(21-25)45-9)35-38(5)17-15-29(43)41(8,36(44)46-10)28(38)14-18-40(35,39)7/h11-12,21-24,28-30,32,34-35,42-43H,13-20H2,1-10H3/t22-,23+,24-,28-,29+,30+,32-,34-,35-,37-,38+,39-,40-,41+/m1/s1. The van der Waals surface area contributed by atoms with Crippen molar-refractivity contribution < 1.29 is 34.0 Å². The first-order chi connectivity index (χ1) is 22.5. The van der Waals surface area contributed by atoms with E-state index in [2.05, 4.69) is 48.5 Å². The lowest BCUT2D eigenvalue weighted by Gasteiger charge is -2.73. The van der Waals surface area contributed by atoms with Gasteiger partial charge in [-0.05, 0) is 134 Å². The Balaban J connectivity index is 1.45. The molecule has 1 saturated heterocycles. The third-order valence-electron chi connectivity index (χ3n) is 16.2. The first kappa shape index (κ1) is 34.2. The van der Waals surface area contributed by atoms with E-state index in [0.29, 0.717) is 29.9 Å². The summed E-state index contributed by atoms with van der Waals surface area (Å²) in [4.78, 5) is 13.7. The molecular weight excluding hydrogens is 604 g/mol. The molecule has 7 nitrogen and oxygen atoms in total. The van der Waals surface area contributed by atoms with Crippen LogP contribution in [0.1, 0.15) is 118 Å². The average Bonchev–Trinajstić information content (AvgIpc) is 3.05. The van der Waals surface area contributed by atoms with Crippen molar-refractivity contribution in [3.8, 4) is 11.5 Å². The molecule has 14 atom stereocenters. The lowest BCUT2D eigenvalue weighted by molar-refractivity contribution is -0.273. The third-order valence-corrected chi connectivity index (χ3v) is 16.2. The van der Waals surface area contributed by atoms with Crippen molar-refractivity contribution in [2.75, 3.05) is 14.2 Å². The van der Waals surface area contributed by atoms with E-state index in [0.717, 1.165) is 37.0 Å². The zero-order valence-corrected chi connectivity index (χ0v) is 31.0. The van der Waals surface area contributed by atoms with Gasteiger partial charge in [0.05, 0.1) is 25.7 Å². The second kappa shape index (κ2) is 11.1. The highest BCUT2D eigenvalue weighted by Crippen LogP contribution is 2.77. The van der Waals surface area contributed by atoms with Crippen LogP contribution in [0.15, 0.2) is 29.5 Å². The number of carbonyl (C=O) groups is 1. The van der Waals surface area contributed by atoms with Gasteiger partial charge in [-0.2, -0.15) is 0 Å². The molecule has 0 amide bonds. The Bertz CT molecular complexity index is 1500. The normalized spacial score (nSPS) is 49.7. The van der Waals surface area contributed by atoms with E-state index in [1.165, 1.54) is 31.9 Å². The lowest BCUT2D eigenvalue weighted by atomic mass is 9.32. The molecule has 5 fully saturated rings. The number of allylic oxidation sites excluding steroid dienone is 1. The van der Waals surface area contributed by atoms with Gasteiger partial charge in [-0.3, -0.25) is 4.79 Å². The van der Waals surface area contributed by atoms with E-state index in [1.54, 1.807) is 13.2 Å². The third kappa shape index (κ3) is 4.28. The molecule has 1 heterocycles. The Kier molecular flexibility index (Phi) is 7.93. The van der Waals surface area contributed by atoms with Gasteiger partial charge in [0.15, 0.2) is 11.5 Å². The van der Waals surface area contributed by atoms with E-state index in [9.17, 15) is 15.0 Å². The molecule has 0 unspecified atom stereocenters. The van der Waals surface area contributed by atoms with Gasteiger partial charge in [0, 0.05) is 5.92 Å². The number of phenols is 1. The van der Waals surface area contributed by atoms with Gasteiger partial charge >= 0.3 is 5.97 Å². The zero-order chi connectivity index (χ0) is 34.8. The van der Waals surface area contributed by atoms with Crippen LogP contribution in [0.25, 0.3) is 0 Å². The van der Waals surface area contributed by atoms with Gasteiger partial charge in [-0.25, -0.2) is 0 Å². The number of esters is 1. The summed E-state index contributed by atoms with van der Waals surface area (Å²) in [5.41, 5.74) is 1.12. The Hall–Kier alpha value is -2.25. The molecule has 0 radical (unpaired) electrons. The predicted octanol–water partition coefficient (Wildman–Crippen LogP) is 8.37. The van der Waals surface area contributed by atoms with Crippen LogP contribution in [0.3, 0.4) is 0 Å². The fourth-order valence-corrected chi connectivity index (χ4v) is 13.2. The number of hydrogen-bond acceptors (Lipinski definition) is 7. The van der Waals surface area contributed by atoms with Crippen LogP contribution < -0.4 is 4.74 Å². The Labute approximate surface area is 288 Å². The summed E-state index contributed by atoms with van der Waals surface area (Å²) in [7, 11) is 3.02. The average molecular weight is 665 g/mol. The fraction of sp³-hybridized carbons (Fsp3) is 0.780. The van der Waals surface area contributed by atoms with Gasteiger partial charge in [-0.15, -0.1) is 0 Å². The largest absolute Gasteiger partial charge is 0.504 e. The van der Waals surface area contributed by atoms with Crippen molar-refractivity contribution in [1.82, 2.24) is 0 Å². The van der Waals surface area contributed by atoms with Gasteiger partial charge in [0.1, 0.15) is 24.1 Å². The van der Waals surface area contributed by atoms with Crippen molar-refractivity contribution in [2.45, 2.75) is 131 Å². The highest BCUT2D eigenvalue weighted by Gasteiger charge is 2.74. The van der Waals surface area contributed by atoms with E-state index in [4.69, 9.17) is 18.9 Å². The number of ether oxygens (including phenoxy) is 4. The molecule has 5 aliphatic carbocycles. The Morgan fingerprint density at radius 2 is 1.65 bits per heavy atom. The van der Waals surface area contributed by atoms with E-state index in [1.807, 2.05) is 19.1 Å². The molecule has 0 bridgehead atoms. The maximum atomic E-state index is 13.7. The molecule has 6 aliphatic rings. The Morgan fingerprint density at radius 3 is 2.33 bits per heavy atom. The molecule has 48 heavy (non-hydrogen) atoms. The van der Waals surface area contributed by atoms with Crippen LogP contribution in [-0.4, -0.2) is 48.7 Å². The predicted molar refractivity (Wildman–Crippen MR) is 184 cm³/mol. The minimum atomic E-state index is -1.00. The zero-order valence-electron chi connectivity index (χ0n) is 31.0. The first-order valence-electron chi connectivity index (χ1n) is 18.7. The molecule has 0 aromatic heterocycles. The van der Waals surface area contributed by atoms with Crippen molar-refractivity contribution in [3.05, 3.63) is 35.1 Å². The second-order valence-corrected chi connectivity index (χ2v) is 18.2. The second-order valence-electron chi connectivity index (χ2n) is 18.2. The number of methoxy groups -OCH3 is 2. The minimum Gasteiger partial charge on any atom is -0.504 e. The summed E-state index contributed by atoms with van der Waals surface area (Å²) in [5.74, 6) is 2.83. The Morgan fingerprint density at radius 1 is 0.917 bits per heavy atom. The van der Waals surface area contributed by atoms with Gasteiger partial charge in [0.25, 0.3) is 0 Å². The number of aromatic hydroxyl groups is 1. The topological polar surface area (TPSA) is 94.5 Å². The highest BCUT2D eigenvalue weighted by atomic mass is 16.6. The highest BCUT2D eigenvalue weighted by molar-refractivity contribution is 5.78. The molecule has 1 aromatic carbocycles. The molecular formula is C41H60O7. The molecule has 1 aliphatic heterocycles. The van der Waals surface area contributed by atoms with E-state index >= 15 is 0 Å². The van der Waals surface area contributed by atoms with Crippen molar-refractivity contribution >= 4 is 5.97 Å². The van der Waals surface area contributed by atoms with E-state index < -0.39 is 11.5 Å². The number of fused-ring (bicyclic) bond motifs is 9. The quantitative estimate of drug-likeness (QED) is 0.314. The summed E-state index contributed by atoms with van der Waals surface area (Å²) < 4.78 is 25.8. The van der Waals surface area contributed by atoms with Crippen LogP contribution in [0.4, 0.5) is 0 Å². The van der Waals surface area contributed by atoms with Crippen LogP contribution in [0.2, 0.25) is 0 Å². The number of phenolic OH excluding ortho intramolecular Hbond substituents is 1. The summed E-state index contributed by atoms with van der Waals surface area (Å²) >= 11 is 0. The van der Waals surface area contributed by atoms with Crippen molar-refractivity contribution in [3.63, 3.8) is 0 Å². The van der Waals surface area contributed by atoms with Crippen LogP contribution in [0.5, 0.6) is 11.5 Å². The lowest BCUT2D eigenvalue weighted by Crippen LogP contribution is -2.70. The SMILES string of the molecule is COC(=O)[C@@]1(C)[C@@H]2CC[C@]3(C)[C@H]([C@@H]4O[C@@H](c5ccc(O)c(OC)c5)[C@@H](C)OC4=C4[C@@H]5[C@@H](C)[C@H](C)CC[C@]5(C)CC[C@]43C)[C@@]2(C)CC[C@@H]1O. The summed E-state index contributed by atoms with van der Waals surface area (Å²) in [6, 6.07) is 5.48. The van der Waals surface area contributed by atoms with Gasteiger partial charge in [0.2, 0.25) is 0 Å². The van der Waals surface area contributed by atoms with Crippen LogP contribution in [-0.2, 0) is 19.0 Å². The van der Waals surface area contributed by atoms with Crippen LogP contribution >= 0.6 is 0 Å². The molecule has 1 aromatic rings. The van der Waals surface area contributed by atoms with Gasteiger partial charge in [-0.1, -0.05) is 47.6 Å². The molecule has 0 spiro atoms. The number of hydrogen-bond donors (Lipinski definition) is 2. The molecule has 7 rings (SSSR count). The number of aliphatic hydroxyl groups excluding tert-OH is 1. The smallest absolute Gasteiger partial charge is 0.314 e. The number of aliphatic hydroxyl groups is 1. The molecule has 266 valence electrons. The maximum absolute atomic E-state index is 13.7. The number of carbonyl (C=O) groups excluding carboxylic acids is 1.